The number of phenols is 1. The summed E-state index contributed by atoms with van der Waals surface area (Å²) in [5.41, 5.74) is 0.265. The molecule has 0 bridgehead atoms. The second-order valence-corrected chi connectivity index (χ2v) is 12.6. The minimum Gasteiger partial charge on any atom is -0.507 e. The van der Waals surface area contributed by atoms with Gasteiger partial charge in [-0.2, -0.15) is 13.2 Å². The minimum atomic E-state index is -4.60. The van der Waals surface area contributed by atoms with Gasteiger partial charge in [0.2, 0.25) is 0 Å². The molecule has 0 saturated carbocycles. The van der Waals surface area contributed by atoms with Crippen molar-refractivity contribution in [3.8, 4) is 16.9 Å². The number of pyridine rings is 1. The predicted molar refractivity (Wildman–Crippen MR) is 176 cm³/mol. The van der Waals surface area contributed by atoms with Gasteiger partial charge in [-0.1, -0.05) is 54.1 Å². The average Bonchev–Trinajstić information content (AvgIpc) is 3.01. The van der Waals surface area contributed by atoms with Crippen LogP contribution in [0.2, 0.25) is 5.02 Å². The number of fused-ring (bicyclic) bond motifs is 1. The Kier molecular flexibility index (Phi) is 10.9. The lowest BCUT2D eigenvalue weighted by Crippen LogP contribution is -2.46. The summed E-state index contributed by atoms with van der Waals surface area (Å²) in [5.74, 6) is -0.0675. The van der Waals surface area contributed by atoms with Crippen molar-refractivity contribution in [3.05, 3.63) is 99.3 Å². The van der Waals surface area contributed by atoms with Gasteiger partial charge in [-0.3, -0.25) is 9.69 Å². The number of nitrogens with one attached hydrogen (secondary N) is 1. The maximum atomic E-state index is 13.6. The maximum Gasteiger partial charge on any atom is 0.416 e. The number of benzene rings is 3. The normalized spacial score (nSPS) is 15.7. The van der Waals surface area contributed by atoms with Gasteiger partial charge in [0.25, 0.3) is 5.56 Å². The predicted octanol–water partition coefficient (Wildman–Crippen LogP) is 7.14. The SMILES string of the molecule is O=c1[nH]c2ccc(C(F)(F)F)cc2c(-c2cc(Cl)ccc2O)c1SCC(O)CCCN1CCN(C/C=C/c2ccccc2)CC1. The van der Waals surface area contributed by atoms with Gasteiger partial charge >= 0.3 is 6.18 Å². The van der Waals surface area contributed by atoms with E-state index in [1.54, 1.807) is 0 Å². The molecule has 6 nitrogen and oxygen atoms in total. The summed E-state index contributed by atoms with van der Waals surface area (Å²) in [6.45, 7) is 5.58. The van der Waals surface area contributed by atoms with Gasteiger partial charge in [-0.15, -0.1) is 11.8 Å². The van der Waals surface area contributed by atoms with Crippen molar-refractivity contribution in [1.82, 2.24) is 14.8 Å². The van der Waals surface area contributed by atoms with Crippen molar-refractivity contribution >= 4 is 40.3 Å². The van der Waals surface area contributed by atoms with E-state index in [2.05, 4.69) is 39.1 Å². The van der Waals surface area contributed by atoms with Crippen LogP contribution in [-0.2, 0) is 6.18 Å². The number of phenolic OH excluding ortho intramolecular Hbond substituents is 1. The van der Waals surface area contributed by atoms with Gasteiger partial charge in [0.15, 0.2) is 0 Å². The third-order valence-electron chi connectivity index (χ3n) is 7.90. The number of H-pyrrole nitrogens is 1. The molecule has 3 N–H and O–H groups in total. The van der Waals surface area contributed by atoms with Crippen LogP contribution in [0.3, 0.4) is 0 Å². The quantitative estimate of drug-likeness (QED) is 0.149. The van der Waals surface area contributed by atoms with Crippen molar-refractivity contribution < 1.29 is 23.4 Å². The summed E-state index contributed by atoms with van der Waals surface area (Å²) in [7, 11) is 0. The van der Waals surface area contributed by atoms with E-state index in [1.165, 1.54) is 29.8 Å². The zero-order valence-electron chi connectivity index (χ0n) is 24.6. The molecule has 1 unspecified atom stereocenters. The Morgan fingerprint density at radius 1 is 1.00 bits per heavy atom. The molecule has 238 valence electrons. The zero-order chi connectivity index (χ0) is 32.0. The number of aliphatic hydroxyl groups is 1. The number of nitrogens with zero attached hydrogens (tertiary/aromatic N) is 2. The van der Waals surface area contributed by atoms with Crippen LogP contribution in [-0.4, -0.2) is 76.1 Å². The van der Waals surface area contributed by atoms with Crippen LogP contribution in [0.25, 0.3) is 28.1 Å². The van der Waals surface area contributed by atoms with Gasteiger partial charge in [0.05, 0.1) is 16.6 Å². The Labute approximate surface area is 269 Å². The molecule has 0 radical (unpaired) electrons. The molecule has 1 atom stereocenters. The molecule has 3 aromatic carbocycles. The van der Waals surface area contributed by atoms with Crippen LogP contribution >= 0.6 is 23.4 Å². The second-order valence-electron chi connectivity index (χ2n) is 11.1. The highest BCUT2D eigenvalue weighted by molar-refractivity contribution is 7.99. The topological polar surface area (TPSA) is 79.8 Å². The average molecular weight is 658 g/mol. The fourth-order valence-corrected chi connectivity index (χ4v) is 6.72. The number of aliphatic hydroxyl groups excluding tert-OH is 1. The van der Waals surface area contributed by atoms with E-state index in [1.807, 2.05) is 18.2 Å². The number of aromatic amines is 1. The van der Waals surface area contributed by atoms with Crippen LogP contribution in [0.1, 0.15) is 24.0 Å². The molecule has 11 heteroatoms. The summed E-state index contributed by atoms with van der Waals surface area (Å²) in [6, 6.07) is 17.5. The van der Waals surface area contributed by atoms with Crippen LogP contribution in [0.15, 0.2) is 82.5 Å². The number of alkyl halides is 3. The lowest BCUT2D eigenvalue weighted by molar-refractivity contribution is -0.137. The van der Waals surface area contributed by atoms with Gasteiger partial charge in [0, 0.05) is 65.5 Å². The summed E-state index contributed by atoms with van der Waals surface area (Å²) in [5, 5.41) is 21.8. The molecule has 45 heavy (non-hydrogen) atoms. The Bertz CT molecular complexity index is 1690. The third-order valence-corrected chi connectivity index (χ3v) is 9.36. The molecule has 1 aliphatic rings. The molecular formula is C34H35ClF3N3O3S. The number of aromatic hydroxyl groups is 1. The first-order valence-electron chi connectivity index (χ1n) is 14.8. The van der Waals surface area contributed by atoms with Crippen molar-refractivity contribution in [2.24, 2.45) is 0 Å². The van der Waals surface area contributed by atoms with Gasteiger partial charge < -0.3 is 20.1 Å². The van der Waals surface area contributed by atoms with E-state index in [4.69, 9.17) is 11.6 Å². The first kappa shape index (κ1) is 33.1. The number of piperazine rings is 1. The molecule has 1 aliphatic heterocycles. The fraction of sp³-hybridized carbons (Fsp3) is 0.324. The summed E-state index contributed by atoms with van der Waals surface area (Å²) < 4.78 is 40.9. The van der Waals surface area contributed by atoms with Crippen molar-refractivity contribution in [3.63, 3.8) is 0 Å². The molecule has 2 heterocycles. The number of thioether (sulfide) groups is 1. The minimum absolute atomic E-state index is 0.107. The van der Waals surface area contributed by atoms with E-state index < -0.39 is 23.4 Å². The van der Waals surface area contributed by atoms with Crippen LogP contribution in [0.5, 0.6) is 5.75 Å². The lowest BCUT2D eigenvalue weighted by atomic mass is 9.98. The van der Waals surface area contributed by atoms with Gasteiger partial charge in [0.1, 0.15) is 5.75 Å². The van der Waals surface area contributed by atoms with Crippen molar-refractivity contribution in [2.75, 3.05) is 45.0 Å². The zero-order valence-corrected chi connectivity index (χ0v) is 26.1. The molecule has 1 aromatic heterocycles. The van der Waals surface area contributed by atoms with E-state index in [9.17, 15) is 28.2 Å². The highest BCUT2D eigenvalue weighted by atomic mass is 35.5. The van der Waals surface area contributed by atoms with E-state index in [-0.39, 0.29) is 43.5 Å². The number of aromatic nitrogens is 1. The molecule has 4 aromatic rings. The molecule has 0 amide bonds. The maximum absolute atomic E-state index is 13.6. The van der Waals surface area contributed by atoms with Gasteiger partial charge in [-0.05, 0) is 61.3 Å². The van der Waals surface area contributed by atoms with E-state index in [0.29, 0.717) is 6.42 Å². The lowest BCUT2D eigenvalue weighted by Gasteiger charge is -2.34. The molecule has 0 aliphatic carbocycles. The highest BCUT2D eigenvalue weighted by Crippen LogP contribution is 2.42. The first-order chi connectivity index (χ1) is 21.6. The van der Waals surface area contributed by atoms with Crippen molar-refractivity contribution in [1.29, 1.82) is 0 Å². The summed E-state index contributed by atoms with van der Waals surface area (Å²) >= 11 is 7.24. The number of hydrogen-bond acceptors (Lipinski definition) is 6. The molecular weight excluding hydrogens is 623 g/mol. The molecule has 1 fully saturated rings. The van der Waals surface area contributed by atoms with E-state index >= 15 is 0 Å². The largest absolute Gasteiger partial charge is 0.507 e. The highest BCUT2D eigenvalue weighted by Gasteiger charge is 2.31. The Balaban J connectivity index is 1.20. The number of hydrogen-bond donors (Lipinski definition) is 3. The monoisotopic (exact) mass is 657 g/mol. The summed E-state index contributed by atoms with van der Waals surface area (Å²) in [4.78, 5) is 20.8. The molecule has 5 rings (SSSR count). The summed E-state index contributed by atoms with van der Waals surface area (Å²) in [6.07, 6.45) is 0.256. The fourth-order valence-electron chi connectivity index (χ4n) is 5.48. The van der Waals surface area contributed by atoms with Crippen molar-refractivity contribution in [2.45, 2.75) is 30.0 Å². The molecule has 0 spiro atoms. The molecule has 1 saturated heterocycles. The Hall–Kier alpha value is -3.28. The standard InChI is InChI=1S/C34H35ClF3N3O3S/c35-25-11-13-30(43)28(21-25)31-27-20-24(34(36,37)38)10-12-29(27)39-33(44)32(31)45-22-26(42)9-5-15-41-18-16-40(17-19-41)14-4-8-23-6-2-1-3-7-23/h1-4,6-8,10-13,20-21,26,42-43H,5,9,14-19,22H2,(H,39,44)/b8-4+. The Morgan fingerprint density at radius 2 is 1.73 bits per heavy atom. The van der Waals surface area contributed by atoms with Crippen LogP contribution < -0.4 is 5.56 Å². The smallest absolute Gasteiger partial charge is 0.416 e. The van der Waals surface area contributed by atoms with Crippen LogP contribution in [0.4, 0.5) is 13.2 Å². The van der Waals surface area contributed by atoms with Crippen LogP contribution in [0, 0.1) is 0 Å². The number of rotatable bonds is 11. The Morgan fingerprint density at radius 3 is 2.47 bits per heavy atom. The third kappa shape index (κ3) is 8.71. The second kappa shape index (κ2) is 14.9. The van der Waals surface area contributed by atoms with E-state index in [0.717, 1.165) is 69.6 Å². The number of halogens is 4. The van der Waals surface area contributed by atoms with Gasteiger partial charge in [-0.25, -0.2) is 0 Å². The first-order valence-corrected chi connectivity index (χ1v) is 16.2.